The van der Waals surface area contributed by atoms with Crippen molar-refractivity contribution in [2.75, 3.05) is 26.8 Å². The van der Waals surface area contributed by atoms with Crippen molar-refractivity contribution in [3.8, 4) is 11.1 Å². The molecule has 1 heterocycles. The van der Waals surface area contributed by atoms with Crippen LogP contribution in [0.25, 0.3) is 11.1 Å². The Kier molecular flexibility index (Phi) is 6.60. The Hall–Kier alpha value is -2.66. The number of benzene rings is 2. The number of hydrogen-bond donors (Lipinski definition) is 0. The molecule has 1 fully saturated rings. The summed E-state index contributed by atoms with van der Waals surface area (Å²) in [7, 11) is 1.36. The van der Waals surface area contributed by atoms with Crippen molar-refractivity contribution >= 4 is 11.9 Å². The van der Waals surface area contributed by atoms with Gasteiger partial charge in [0.25, 0.3) is 5.91 Å². The Labute approximate surface area is 159 Å². The Morgan fingerprint density at radius 1 is 1.07 bits per heavy atom. The SMILES string of the molecule is COC(=O)CCN(CC1CCCO1)C(=O)c1ccc(-c2ccccc2)cc1. The van der Waals surface area contributed by atoms with E-state index in [1.165, 1.54) is 7.11 Å². The molecule has 3 rings (SSSR count). The molecule has 142 valence electrons. The van der Waals surface area contributed by atoms with Gasteiger partial charge in [-0.15, -0.1) is 0 Å². The monoisotopic (exact) mass is 367 g/mol. The number of rotatable bonds is 7. The van der Waals surface area contributed by atoms with E-state index in [2.05, 4.69) is 0 Å². The fourth-order valence-corrected chi connectivity index (χ4v) is 3.26. The molecular weight excluding hydrogens is 342 g/mol. The third-order valence-electron chi connectivity index (χ3n) is 4.79. The standard InChI is InChI=1S/C22H25NO4/c1-26-21(24)13-14-23(16-20-8-5-15-27-20)22(25)19-11-9-18(10-12-19)17-6-3-2-4-7-17/h2-4,6-7,9-12,20H,5,8,13-16H2,1H3. The minimum atomic E-state index is -0.320. The van der Waals surface area contributed by atoms with Crippen molar-refractivity contribution in [1.29, 1.82) is 0 Å². The molecule has 1 aliphatic rings. The van der Waals surface area contributed by atoms with Crippen LogP contribution in [0.1, 0.15) is 29.6 Å². The number of nitrogens with zero attached hydrogens (tertiary/aromatic N) is 1. The van der Waals surface area contributed by atoms with Gasteiger partial charge >= 0.3 is 5.97 Å². The highest BCUT2D eigenvalue weighted by atomic mass is 16.5. The van der Waals surface area contributed by atoms with Crippen LogP contribution in [0, 0.1) is 0 Å². The Morgan fingerprint density at radius 3 is 2.41 bits per heavy atom. The van der Waals surface area contributed by atoms with E-state index in [0.29, 0.717) is 18.7 Å². The molecule has 2 aromatic rings. The summed E-state index contributed by atoms with van der Waals surface area (Å²) in [6.07, 6.45) is 2.16. The van der Waals surface area contributed by atoms with Gasteiger partial charge in [-0.25, -0.2) is 0 Å². The van der Waals surface area contributed by atoms with Gasteiger partial charge in [0.1, 0.15) is 0 Å². The maximum atomic E-state index is 13.0. The molecule has 5 heteroatoms. The fourth-order valence-electron chi connectivity index (χ4n) is 3.26. The zero-order chi connectivity index (χ0) is 19.1. The molecule has 5 nitrogen and oxygen atoms in total. The summed E-state index contributed by atoms with van der Waals surface area (Å²) in [5, 5.41) is 0. The second kappa shape index (κ2) is 9.33. The summed E-state index contributed by atoms with van der Waals surface area (Å²) in [4.78, 5) is 26.2. The van der Waals surface area contributed by atoms with Gasteiger partial charge in [0.05, 0.1) is 19.6 Å². The summed E-state index contributed by atoms with van der Waals surface area (Å²) in [5.74, 6) is -0.409. The molecule has 1 saturated heterocycles. The van der Waals surface area contributed by atoms with E-state index >= 15 is 0 Å². The van der Waals surface area contributed by atoms with Crippen molar-refractivity contribution < 1.29 is 19.1 Å². The van der Waals surface area contributed by atoms with E-state index < -0.39 is 0 Å². The molecule has 0 radical (unpaired) electrons. The highest BCUT2D eigenvalue weighted by Crippen LogP contribution is 2.21. The Morgan fingerprint density at radius 2 is 1.78 bits per heavy atom. The molecule has 1 amide bonds. The van der Waals surface area contributed by atoms with Gasteiger partial charge in [0, 0.05) is 25.3 Å². The molecular formula is C22H25NO4. The number of amides is 1. The van der Waals surface area contributed by atoms with E-state index in [-0.39, 0.29) is 24.4 Å². The fraction of sp³-hybridized carbons (Fsp3) is 0.364. The summed E-state index contributed by atoms with van der Waals surface area (Å²) in [6.45, 7) is 1.55. The number of carbonyl (C=O) groups is 2. The first-order chi connectivity index (χ1) is 13.2. The van der Waals surface area contributed by atoms with E-state index in [9.17, 15) is 9.59 Å². The minimum Gasteiger partial charge on any atom is -0.469 e. The van der Waals surface area contributed by atoms with Gasteiger partial charge in [-0.3, -0.25) is 9.59 Å². The predicted octanol–water partition coefficient (Wildman–Crippen LogP) is 3.54. The van der Waals surface area contributed by atoms with Gasteiger partial charge < -0.3 is 14.4 Å². The van der Waals surface area contributed by atoms with Crippen molar-refractivity contribution in [3.05, 3.63) is 60.2 Å². The first kappa shape index (κ1) is 19.1. The lowest BCUT2D eigenvalue weighted by Crippen LogP contribution is -2.38. The summed E-state index contributed by atoms with van der Waals surface area (Å²) in [6, 6.07) is 17.6. The lowest BCUT2D eigenvalue weighted by atomic mass is 10.0. The van der Waals surface area contributed by atoms with E-state index in [1.54, 1.807) is 4.90 Å². The summed E-state index contributed by atoms with van der Waals surface area (Å²) >= 11 is 0. The predicted molar refractivity (Wildman–Crippen MR) is 103 cm³/mol. The van der Waals surface area contributed by atoms with Crippen LogP contribution in [0.5, 0.6) is 0 Å². The van der Waals surface area contributed by atoms with E-state index in [0.717, 1.165) is 30.6 Å². The van der Waals surface area contributed by atoms with Crippen LogP contribution < -0.4 is 0 Å². The lowest BCUT2D eigenvalue weighted by molar-refractivity contribution is -0.140. The van der Waals surface area contributed by atoms with Gasteiger partial charge in [-0.2, -0.15) is 0 Å². The van der Waals surface area contributed by atoms with Gasteiger partial charge in [-0.1, -0.05) is 42.5 Å². The summed E-state index contributed by atoms with van der Waals surface area (Å²) < 4.78 is 10.4. The maximum Gasteiger partial charge on any atom is 0.307 e. The molecule has 2 aromatic carbocycles. The first-order valence-corrected chi connectivity index (χ1v) is 9.30. The Bertz CT molecular complexity index is 752. The number of methoxy groups -OCH3 is 1. The number of ether oxygens (including phenoxy) is 2. The smallest absolute Gasteiger partial charge is 0.307 e. The summed E-state index contributed by atoms with van der Waals surface area (Å²) in [5.41, 5.74) is 2.78. The normalized spacial score (nSPS) is 16.1. The quantitative estimate of drug-likeness (QED) is 0.703. The number of carbonyl (C=O) groups excluding carboxylic acids is 2. The molecule has 1 unspecified atom stereocenters. The van der Waals surface area contributed by atoms with Crippen molar-refractivity contribution in [1.82, 2.24) is 4.90 Å². The van der Waals surface area contributed by atoms with Crippen molar-refractivity contribution in [3.63, 3.8) is 0 Å². The largest absolute Gasteiger partial charge is 0.469 e. The topological polar surface area (TPSA) is 55.8 Å². The van der Waals surface area contributed by atoms with Crippen LogP contribution in [0.15, 0.2) is 54.6 Å². The third-order valence-corrected chi connectivity index (χ3v) is 4.79. The molecule has 1 atom stereocenters. The maximum absolute atomic E-state index is 13.0. The van der Waals surface area contributed by atoms with Crippen molar-refractivity contribution in [2.45, 2.75) is 25.4 Å². The van der Waals surface area contributed by atoms with Crippen LogP contribution in [-0.4, -0.2) is 49.7 Å². The lowest BCUT2D eigenvalue weighted by Gasteiger charge is -2.25. The molecule has 0 saturated carbocycles. The molecule has 0 bridgehead atoms. The van der Waals surface area contributed by atoms with E-state index in [4.69, 9.17) is 9.47 Å². The second-order valence-electron chi connectivity index (χ2n) is 6.66. The van der Waals surface area contributed by atoms with Gasteiger partial charge in [-0.05, 0) is 36.1 Å². The van der Waals surface area contributed by atoms with Crippen molar-refractivity contribution in [2.24, 2.45) is 0 Å². The van der Waals surface area contributed by atoms with Crippen LogP contribution in [-0.2, 0) is 14.3 Å². The average Bonchev–Trinajstić information content (AvgIpc) is 3.24. The van der Waals surface area contributed by atoms with Crippen LogP contribution in [0.2, 0.25) is 0 Å². The third kappa shape index (κ3) is 5.17. The van der Waals surface area contributed by atoms with E-state index in [1.807, 2.05) is 54.6 Å². The van der Waals surface area contributed by atoms with Crippen LogP contribution in [0.3, 0.4) is 0 Å². The molecule has 0 spiro atoms. The van der Waals surface area contributed by atoms with Gasteiger partial charge in [0.2, 0.25) is 0 Å². The minimum absolute atomic E-state index is 0.0372. The number of hydrogen-bond acceptors (Lipinski definition) is 4. The molecule has 1 aliphatic heterocycles. The first-order valence-electron chi connectivity index (χ1n) is 9.30. The van der Waals surface area contributed by atoms with Crippen LogP contribution >= 0.6 is 0 Å². The number of esters is 1. The molecule has 0 aromatic heterocycles. The highest BCUT2D eigenvalue weighted by molar-refractivity contribution is 5.95. The molecule has 0 aliphatic carbocycles. The zero-order valence-corrected chi connectivity index (χ0v) is 15.6. The van der Waals surface area contributed by atoms with Gasteiger partial charge in [0.15, 0.2) is 0 Å². The zero-order valence-electron chi connectivity index (χ0n) is 15.6. The highest BCUT2D eigenvalue weighted by Gasteiger charge is 2.24. The molecule has 0 N–H and O–H groups in total. The average molecular weight is 367 g/mol. The van der Waals surface area contributed by atoms with Crippen LogP contribution in [0.4, 0.5) is 0 Å². The Balaban J connectivity index is 1.72. The second-order valence-corrected chi connectivity index (χ2v) is 6.66. The molecule has 27 heavy (non-hydrogen) atoms.